The molecule has 0 radical (unpaired) electrons. The molecule has 3 aromatic rings. The third-order valence-corrected chi connectivity index (χ3v) is 4.26. The van der Waals surface area contributed by atoms with Crippen LogP contribution in [0.15, 0.2) is 66.9 Å². The molecule has 0 spiro atoms. The Morgan fingerprint density at radius 2 is 1.62 bits per heavy atom. The van der Waals surface area contributed by atoms with Crippen molar-refractivity contribution in [3.63, 3.8) is 0 Å². The van der Waals surface area contributed by atoms with E-state index in [1.165, 1.54) is 5.56 Å². The predicted octanol–water partition coefficient (Wildman–Crippen LogP) is 5.51. The van der Waals surface area contributed by atoms with Gasteiger partial charge in [-0.25, -0.2) is 4.98 Å². The van der Waals surface area contributed by atoms with Gasteiger partial charge >= 0.3 is 0 Å². The van der Waals surface area contributed by atoms with Gasteiger partial charge in [0, 0.05) is 11.3 Å². The molecule has 132 valence electrons. The Bertz CT molecular complexity index is 884. The van der Waals surface area contributed by atoms with Crippen LogP contribution in [0.4, 0.5) is 17.2 Å². The van der Waals surface area contributed by atoms with Crippen LogP contribution in [-0.2, 0) is 0 Å². The van der Waals surface area contributed by atoms with E-state index < -0.39 is 0 Å². The lowest BCUT2D eigenvalue weighted by Crippen LogP contribution is -2.13. The summed E-state index contributed by atoms with van der Waals surface area (Å²) >= 11 is 0. The number of pyridine rings is 1. The molecule has 26 heavy (non-hydrogen) atoms. The summed E-state index contributed by atoms with van der Waals surface area (Å²) in [6.07, 6.45) is 1.65. The number of carbonyl (C=O) groups excluding carboxylic acids is 1. The average Bonchev–Trinajstić information content (AvgIpc) is 2.64. The predicted molar refractivity (Wildman–Crippen MR) is 107 cm³/mol. The van der Waals surface area contributed by atoms with E-state index in [1.807, 2.05) is 55.5 Å². The van der Waals surface area contributed by atoms with Crippen LogP contribution in [0.2, 0.25) is 0 Å². The lowest BCUT2D eigenvalue weighted by molar-refractivity contribution is 0.102. The highest BCUT2D eigenvalue weighted by Gasteiger charge is 2.08. The normalized spacial score (nSPS) is 10.6. The zero-order valence-corrected chi connectivity index (χ0v) is 15.3. The molecular weight excluding hydrogens is 322 g/mol. The highest BCUT2D eigenvalue weighted by Crippen LogP contribution is 2.20. The second-order valence-electron chi connectivity index (χ2n) is 6.60. The van der Waals surface area contributed by atoms with Gasteiger partial charge in [0.05, 0.1) is 11.9 Å². The van der Waals surface area contributed by atoms with E-state index in [0.29, 0.717) is 17.2 Å². The summed E-state index contributed by atoms with van der Waals surface area (Å²) in [5.41, 5.74) is 4.57. The summed E-state index contributed by atoms with van der Waals surface area (Å²) in [5, 5.41) is 6.15. The maximum absolute atomic E-state index is 12.3. The molecule has 0 atom stereocenters. The van der Waals surface area contributed by atoms with Gasteiger partial charge in [0.15, 0.2) is 0 Å². The molecule has 2 N–H and O–H groups in total. The SMILES string of the molecule is Cc1ccccc1C(=O)Nc1ccc(Nc2ccc(C(C)C)cc2)nc1. The van der Waals surface area contributed by atoms with E-state index in [0.717, 1.165) is 17.1 Å². The number of carbonyl (C=O) groups is 1. The largest absolute Gasteiger partial charge is 0.340 e. The minimum absolute atomic E-state index is 0.130. The third-order valence-electron chi connectivity index (χ3n) is 4.26. The van der Waals surface area contributed by atoms with Gasteiger partial charge in [0.1, 0.15) is 5.82 Å². The summed E-state index contributed by atoms with van der Waals surface area (Å²) < 4.78 is 0. The third kappa shape index (κ3) is 4.28. The van der Waals surface area contributed by atoms with Crippen LogP contribution in [0, 0.1) is 6.92 Å². The number of aryl methyl sites for hydroxylation is 1. The fraction of sp³-hybridized carbons (Fsp3) is 0.182. The number of benzene rings is 2. The standard InChI is InChI=1S/C22H23N3O/c1-15(2)17-8-10-18(11-9-17)24-21-13-12-19(14-23-21)25-22(26)20-7-5-4-6-16(20)3/h4-15H,1-3H3,(H,23,24)(H,25,26). The molecule has 0 aliphatic rings. The number of aromatic nitrogens is 1. The molecule has 0 saturated heterocycles. The first kappa shape index (κ1) is 17.7. The van der Waals surface area contributed by atoms with Crippen molar-refractivity contribution < 1.29 is 4.79 Å². The van der Waals surface area contributed by atoms with E-state index in [-0.39, 0.29) is 5.91 Å². The Labute approximate surface area is 154 Å². The zero-order valence-electron chi connectivity index (χ0n) is 15.3. The van der Waals surface area contributed by atoms with E-state index >= 15 is 0 Å². The van der Waals surface area contributed by atoms with Crippen molar-refractivity contribution in [1.82, 2.24) is 4.98 Å². The smallest absolute Gasteiger partial charge is 0.255 e. The minimum Gasteiger partial charge on any atom is -0.340 e. The number of hydrogen-bond acceptors (Lipinski definition) is 3. The zero-order chi connectivity index (χ0) is 18.5. The molecule has 1 amide bonds. The topological polar surface area (TPSA) is 54.0 Å². The maximum atomic E-state index is 12.3. The molecule has 0 fully saturated rings. The van der Waals surface area contributed by atoms with Crippen LogP contribution in [0.25, 0.3) is 0 Å². The Morgan fingerprint density at radius 1 is 0.923 bits per heavy atom. The lowest BCUT2D eigenvalue weighted by atomic mass is 10.0. The van der Waals surface area contributed by atoms with Gasteiger partial charge in [-0.3, -0.25) is 4.79 Å². The van der Waals surface area contributed by atoms with E-state index in [4.69, 9.17) is 0 Å². The Hall–Kier alpha value is -3.14. The van der Waals surface area contributed by atoms with Gasteiger partial charge in [-0.15, -0.1) is 0 Å². The van der Waals surface area contributed by atoms with Crippen LogP contribution >= 0.6 is 0 Å². The quantitative estimate of drug-likeness (QED) is 0.641. The Kier molecular flexibility index (Phi) is 5.32. The molecule has 4 nitrogen and oxygen atoms in total. The molecule has 0 bridgehead atoms. The highest BCUT2D eigenvalue weighted by atomic mass is 16.1. The molecule has 2 aromatic carbocycles. The van der Waals surface area contributed by atoms with E-state index in [1.54, 1.807) is 6.20 Å². The van der Waals surface area contributed by atoms with Crippen LogP contribution in [0.1, 0.15) is 41.3 Å². The van der Waals surface area contributed by atoms with Crippen LogP contribution in [0.3, 0.4) is 0 Å². The lowest BCUT2D eigenvalue weighted by Gasteiger charge is -2.10. The van der Waals surface area contributed by atoms with Gasteiger partial charge in [-0.2, -0.15) is 0 Å². The second kappa shape index (κ2) is 7.83. The maximum Gasteiger partial charge on any atom is 0.255 e. The monoisotopic (exact) mass is 345 g/mol. The van der Waals surface area contributed by atoms with Crippen LogP contribution in [0.5, 0.6) is 0 Å². The molecule has 0 aliphatic heterocycles. The minimum atomic E-state index is -0.130. The Balaban J connectivity index is 1.65. The number of nitrogens with zero attached hydrogens (tertiary/aromatic N) is 1. The van der Waals surface area contributed by atoms with Gasteiger partial charge in [0.2, 0.25) is 0 Å². The first-order valence-electron chi connectivity index (χ1n) is 8.73. The highest BCUT2D eigenvalue weighted by molar-refractivity contribution is 6.05. The van der Waals surface area contributed by atoms with Crippen molar-refractivity contribution in [3.8, 4) is 0 Å². The number of amides is 1. The molecule has 0 unspecified atom stereocenters. The van der Waals surface area contributed by atoms with Crippen molar-refractivity contribution in [2.24, 2.45) is 0 Å². The molecule has 0 aliphatic carbocycles. The van der Waals surface area contributed by atoms with Crippen molar-refractivity contribution in [2.45, 2.75) is 26.7 Å². The van der Waals surface area contributed by atoms with E-state index in [9.17, 15) is 4.79 Å². The molecule has 1 heterocycles. The average molecular weight is 345 g/mol. The van der Waals surface area contributed by atoms with Gasteiger partial charge in [-0.05, 0) is 54.3 Å². The van der Waals surface area contributed by atoms with Crippen molar-refractivity contribution in [2.75, 3.05) is 10.6 Å². The molecule has 1 aromatic heterocycles. The molecule has 4 heteroatoms. The second-order valence-corrected chi connectivity index (χ2v) is 6.60. The number of rotatable bonds is 5. The van der Waals surface area contributed by atoms with Crippen molar-refractivity contribution >= 4 is 23.1 Å². The summed E-state index contributed by atoms with van der Waals surface area (Å²) in [6.45, 7) is 6.27. The Morgan fingerprint density at radius 3 is 2.23 bits per heavy atom. The molecule has 0 saturated carbocycles. The molecule has 3 rings (SSSR count). The first-order chi connectivity index (χ1) is 12.5. The fourth-order valence-corrected chi connectivity index (χ4v) is 2.67. The van der Waals surface area contributed by atoms with Crippen LogP contribution in [-0.4, -0.2) is 10.9 Å². The summed E-state index contributed by atoms with van der Waals surface area (Å²) in [5.74, 6) is 1.12. The summed E-state index contributed by atoms with van der Waals surface area (Å²) in [6, 6.07) is 19.5. The number of hydrogen-bond donors (Lipinski definition) is 2. The summed E-state index contributed by atoms with van der Waals surface area (Å²) in [4.78, 5) is 16.7. The number of nitrogens with one attached hydrogen (secondary N) is 2. The first-order valence-corrected chi connectivity index (χ1v) is 8.73. The fourth-order valence-electron chi connectivity index (χ4n) is 2.67. The van der Waals surface area contributed by atoms with Crippen LogP contribution < -0.4 is 10.6 Å². The van der Waals surface area contributed by atoms with Crippen molar-refractivity contribution in [3.05, 3.63) is 83.6 Å². The van der Waals surface area contributed by atoms with Gasteiger partial charge in [-0.1, -0.05) is 44.2 Å². The number of anilines is 3. The van der Waals surface area contributed by atoms with Gasteiger partial charge in [0.25, 0.3) is 5.91 Å². The van der Waals surface area contributed by atoms with E-state index in [2.05, 4.69) is 41.6 Å². The van der Waals surface area contributed by atoms with Crippen molar-refractivity contribution in [1.29, 1.82) is 0 Å². The molecular formula is C22H23N3O. The summed E-state index contributed by atoms with van der Waals surface area (Å²) in [7, 11) is 0. The van der Waals surface area contributed by atoms with Gasteiger partial charge < -0.3 is 10.6 Å².